The predicted molar refractivity (Wildman–Crippen MR) is 69.5 cm³/mol. The van der Waals surface area contributed by atoms with Gasteiger partial charge in [-0.3, -0.25) is 0 Å². The molecule has 0 heterocycles. The Bertz CT molecular complexity index is 509. The lowest BCUT2D eigenvalue weighted by Gasteiger charge is -2.08. The van der Waals surface area contributed by atoms with Crippen LogP contribution in [0.3, 0.4) is 0 Å². The van der Waals surface area contributed by atoms with E-state index in [2.05, 4.69) is 0 Å². The van der Waals surface area contributed by atoms with Crippen LogP contribution < -0.4 is 10.5 Å². The lowest BCUT2D eigenvalue weighted by molar-refractivity contribution is 0.306. The van der Waals surface area contributed by atoms with E-state index in [9.17, 15) is 0 Å². The van der Waals surface area contributed by atoms with E-state index in [1.807, 2.05) is 36.4 Å². The molecule has 0 saturated carbocycles. The molecule has 0 spiro atoms. The topological polar surface area (TPSA) is 59.1 Å². The highest BCUT2D eigenvalue weighted by molar-refractivity contribution is 5.85. The van der Waals surface area contributed by atoms with E-state index >= 15 is 0 Å². The zero-order chi connectivity index (χ0) is 12.1. The molecule has 86 valence electrons. The molecule has 0 bridgehead atoms. The summed E-state index contributed by atoms with van der Waals surface area (Å²) in [6.07, 6.45) is 1.23. The fraction of sp³-hybridized carbons (Fsp3) is 0.0714. The Morgan fingerprint density at radius 2 is 1.88 bits per heavy atom. The quantitative estimate of drug-likeness (QED) is 0.622. The van der Waals surface area contributed by atoms with Crippen LogP contribution in [0.25, 0.3) is 0 Å². The van der Waals surface area contributed by atoms with Gasteiger partial charge < -0.3 is 15.9 Å². The number of nitrogens with two attached hydrogens (primary N) is 1. The second-order valence-electron chi connectivity index (χ2n) is 3.71. The summed E-state index contributed by atoms with van der Waals surface area (Å²) in [5.74, 6) is 0.724. The molecule has 2 aromatic carbocycles. The largest absolute Gasteiger partial charge is 0.489 e. The molecule has 0 aliphatic rings. The summed E-state index contributed by atoms with van der Waals surface area (Å²) in [5, 5.41) is 7.22. The number of nitrogens with one attached hydrogen (secondary N) is 1. The van der Waals surface area contributed by atoms with Gasteiger partial charge >= 0.3 is 0 Å². The molecule has 3 nitrogen and oxygen atoms in total. The third-order valence-corrected chi connectivity index (χ3v) is 2.46. The summed E-state index contributed by atoms with van der Waals surface area (Å²) in [7, 11) is 0. The Morgan fingerprint density at radius 3 is 2.59 bits per heavy atom. The first-order valence-corrected chi connectivity index (χ1v) is 5.36. The van der Waals surface area contributed by atoms with E-state index < -0.39 is 0 Å². The molecule has 17 heavy (non-hydrogen) atoms. The number of nitrogen functional groups attached to an aromatic ring is 1. The Morgan fingerprint density at radius 1 is 1.12 bits per heavy atom. The van der Waals surface area contributed by atoms with Crippen LogP contribution >= 0.6 is 0 Å². The standard InChI is InChI=1S/C14H14N2O/c15-9-12-8-13(6-7-14(12)16)17-10-11-4-2-1-3-5-11/h1-9,15H,10,16H2. The summed E-state index contributed by atoms with van der Waals surface area (Å²) in [5.41, 5.74) is 8.08. The molecule has 0 fully saturated rings. The first-order chi connectivity index (χ1) is 8.29. The van der Waals surface area contributed by atoms with Crippen molar-refractivity contribution in [2.24, 2.45) is 0 Å². The van der Waals surface area contributed by atoms with E-state index in [0.29, 0.717) is 17.9 Å². The van der Waals surface area contributed by atoms with E-state index in [-0.39, 0.29) is 0 Å². The van der Waals surface area contributed by atoms with Gasteiger partial charge in [-0.05, 0) is 23.8 Å². The summed E-state index contributed by atoms with van der Waals surface area (Å²) in [4.78, 5) is 0. The maximum atomic E-state index is 7.22. The van der Waals surface area contributed by atoms with Crippen molar-refractivity contribution < 1.29 is 4.74 Å². The van der Waals surface area contributed by atoms with Crippen molar-refractivity contribution in [1.29, 1.82) is 5.41 Å². The number of rotatable bonds is 4. The molecule has 0 aliphatic heterocycles. The maximum absolute atomic E-state index is 7.22. The summed E-state index contributed by atoms with van der Waals surface area (Å²) < 4.78 is 5.63. The first kappa shape index (κ1) is 11.2. The molecule has 0 atom stereocenters. The average Bonchev–Trinajstić information content (AvgIpc) is 2.39. The van der Waals surface area contributed by atoms with Crippen LogP contribution in [-0.4, -0.2) is 6.21 Å². The summed E-state index contributed by atoms with van der Waals surface area (Å²) >= 11 is 0. The van der Waals surface area contributed by atoms with Crippen molar-refractivity contribution in [2.45, 2.75) is 6.61 Å². The number of ether oxygens (including phenoxy) is 1. The molecule has 0 unspecified atom stereocenters. The molecule has 0 saturated heterocycles. The molecule has 0 aromatic heterocycles. The minimum Gasteiger partial charge on any atom is -0.489 e. The van der Waals surface area contributed by atoms with Gasteiger partial charge in [-0.25, -0.2) is 0 Å². The molecule has 2 aromatic rings. The lowest BCUT2D eigenvalue weighted by atomic mass is 10.2. The molecule has 0 aliphatic carbocycles. The van der Waals surface area contributed by atoms with E-state index in [0.717, 1.165) is 11.3 Å². The molecule has 0 amide bonds. The highest BCUT2D eigenvalue weighted by atomic mass is 16.5. The Hall–Kier alpha value is -2.29. The van der Waals surface area contributed by atoms with Crippen LogP contribution in [0.1, 0.15) is 11.1 Å². The monoisotopic (exact) mass is 226 g/mol. The Kier molecular flexibility index (Phi) is 3.40. The SMILES string of the molecule is N=Cc1cc(OCc2ccccc2)ccc1N. The normalized spacial score (nSPS) is 9.88. The van der Waals surface area contributed by atoms with Crippen LogP contribution in [0.5, 0.6) is 5.75 Å². The van der Waals surface area contributed by atoms with Crippen molar-refractivity contribution in [2.75, 3.05) is 5.73 Å². The third kappa shape index (κ3) is 2.84. The third-order valence-electron chi connectivity index (χ3n) is 2.46. The van der Waals surface area contributed by atoms with E-state index in [1.54, 1.807) is 12.1 Å². The maximum Gasteiger partial charge on any atom is 0.120 e. The number of benzene rings is 2. The zero-order valence-corrected chi connectivity index (χ0v) is 9.39. The van der Waals surface area contributed by atoms with E-state index in [4.69, 9.17) is 15.9 Å². The number of hydrogen-bond donors (Lipinski definition) is 2. The highest BCUT2D eigenvalue weighted by Gasteiger charge is 2.00. The van der Waals surface area contributed by atoms with E-state index in [1.165, 1.54) is 6.21 Å². The highest BCUT2D eigenvalue weighted by Crippen LogP contribution is 2.19. The van der Waals surface area contributed by atoms with Gasteiger partial charge in [0.15, 0.2) is 0 Å². The predicted octanol–water partition coefficient (Wildman–Crippen LogP) is 2.85. The van der Waals surface area contributed by atoms with Gasteiger partial charge in [-0.15, -0.1) is 0 Å². The first-order valence-electron chi connectivity index (χ1n) is 5.36. The molecule has 0 radical (unpaired) electrons. The minimum atomic E-state index is 0.516. The minimum absolute atomic E-state index is 0.516. The fourth-order valence-corrected chi connectivity index (χ4v) is 1.51. The van der Waals surface area contributed by atoms with Crippen LogP contribution in [0.15, 0.2) is 48.5 Å². The summed E-state index contributed by atoms with van der Waals surface area (Å²) in [6.45, 7) is 0.516. The van der Waals surface area contributed by atoms with Gasteiger partial charge in [0.2, 0.25) is 0 Å². The van der Waals surface area contributed by atoms with Gasteiger partial charge in [0.1, 0.15) is 12.4 Å². The molecule has 3 N–H and O–H groups in total. The van der Waals surface area contributed by atoms with Crippen molar-refractivity contribution in [3.8, 4) is 5.75 Å². The van der Waals surface area contributed by atoms with Crippen molar-refractivity contribution >= 4 is 11.9 Å². The average molecular weight is 226 g/mol. The molecular formula is C14H14N2O. The van der Waals surface area contributed by atoms with Crippen molar-refractivity contribution in [3.63, 3.8) is 0 Å². The summed E-state index contributed by atoms with van der Waals surface area (Å²) in [6, 6.07) is 15.3. The van der Waals surface area contributed by atoms with Gasteiger partial charge in [0, 0.05) is 17.5 Å². The van der Waals surface area contributed by atoms with Gasteiger partial charge in [0.25, 0.3) is 0 Å². The van der Waals surface area contributed by atoms with Crippen LogP contribution in [0.2, 0.25) is 0 Å². The Balaban J connectivity index is 2.07. The fourth-order valence-electron chi connectivity index (χ4n) is 1.51. The lowest BCUT2D eigenvalue weighted by Crippen LogP contribution is -1.97. The van der Waals surface area contributed by atoms with Gasteiger partial charge in [-0.1, -0.05) is 30.3 Å². The van der Waals surface area contributed by atoms with Crippen molar-refractivity contribution in [3.05, 3.63) is 59.7 Å². The molecular weight excluding hydrogens is 212 g/mol. The number of anilines is 1. The molecule has 2 rings (SSSR count). The van der Waals surface area contributed by atoms with Gasteiger partial charge in [0.05, 0.1) is 0 Å². The second-order valence-corrected chi connectivity index (χ2v) is 3.71. The van der Waals surface area contributed by atoms with Crippen molar-refractivity contribution in [1.82, 2.24) is 0 Å². The van der Waals surface area contributed by atoms with Gasteiger partial charge in [-0.2, -0.15) is 0 Å². The van der Waals surface area contributed by atoms with Crippen LogP contribution in [0.4, 0.5) is 5.69 Å². The molecule has 3 heteroatoms. The van der Waals surface area contributed by atoms with Crippen LogP contribution in [0, 0.1) is 5.41 Å². The zero-order valence-electron chi connectivity index (χ0n) is 9.39. The van der Waals surface area contributed by atoms with Crippen LogP contribution in [-0.2, 0) is 6.61 Å². The Labute approximate surface area is 100 Å². The smallest absolute Gasteiger partial charge is 0.120 e. The number of hydrogen-bond acceptors (Lipinski definition) is 3. The second kappa shape index (κ2) is 5.16.